The van der Waals surface area contributed by atoms with Crippen molar-refractivity contribution in [1.82, 2.24) is 10.4 Å². The van der Waals surface area contributed by atoms with Crippen molar-refractivity contribution in [2.45, 2.75) is 38.1 Å². The van der Waals surface area contributed by atoms with Crippen LogP contribution in [0.25, 0.3) is 0 Å². The maximum absolute atomic E-state index is 7.48. The molecule has 0 aromatic rings. The van der Waals surface area contributed by atoms with E-state index in [0.717, 1.165) is 11.8 Å². The lowest BCUT2D eigenvalue weighted by molar-refractivity contribution is -0.0256. The zero-order chi connectivity index (χ0) is 12.9. The monoisotopic (exact) mass is 250 g/mol. The lowest BCUT2D eigenvalue weighted by atomic mass is 9.54. The van der Waals surface area contributed by atoms with Gasteiger partial charge in [0.05, 0.1) is 0 Å². The molecule has 0 amide bonds. The van der Waals surface area contributed by atoms with Gasteiger partial charge in [-0.05, 0) is 55.8 Å². The molecular weight excluding hydrogens is 228 g/mol. The molecule has 0 heterocycles. The highest BCUT2D eigenvalue weighted by Crippen LogP contribution is 2.53. The molecule has 18 heavy (non-hydrogen) atoms. The molecule has 4 rings (SSSR count). The first kappa shape index (κ1) is 11.8. The maximum Gasteiger partial charge on any atom is 0.210 e. The fourth-order valence-corrected chi connectivity index (χ4v) is 4.55. The minimum absolute atomic E-state index is 0.198. The van der Waals surface area contributed by atoms with Crippen molar-refractivity contribution < 1.29 is 0 Å². The number of nitrogens with two attached hydrogens (primary N) is 2. The fraction of sp³-hybridized carbons (Fsp3) is 0.833. The molecule has 0 unspecified atom stereocenters. The summed E-state index contributed by atoms with van der Waals surface area (Å²) in [6.45, 7) is 0. The van der Waals surface area contributed by atoms with Crippen LogP contribution < -0.4 is 16.9 Å². The topological polar surface area (TPSA) is 115 Å². The molecule has 0 spiro atoms. The first-order valence-corrected chi connectivity index (χ1v) is 6.79. The Balaban J connectivity index is 1.73. The summed E-state index contributed by atoms with van der Waals surface area (Å²) in [4.78, 5) is 0. The summed E-state index contributed by atoms with van der Waals surface area (Å²) in [6, 6.07) is 0.339. The molecule has 0 atom stereocenters. The van der Waals surface area contributed by atoms with Gasteiger partial charge in [-0.1, -0.05) is 0 Å². The molecule has 0 saturated heterocycles. The molecule has 0 radical (unpaired) electrons. The number of guanidine groups is 2. The van der Waals surface area contributed by atoms with E-state index in [2.05, 4.69) is 5.43 Å². The maximum atomic E-state index is 7.48. The molecule has 4 aliphatic rings. The van der Waals surface area contributed by atoms with E-state index < -0.39 is 0 Å². The molecule has 100 valence electrons. The minimum atomic E-state index is -0.198. The summed E-state index contributed by atoms with van der Waals surface area (Å²) in [5, 5.41) is 16.2. The number of hydrogen-bond acceptors (Lipinski definition) is 3. The predicted octanol–water partition coefficient (Wildman–Crippen LogP) is 0.405. The number of hydrogen-bond donors (Lipinski definition) is 5. The highest BCUT2D eigenvalue weighted by Gasteiger charge is 2.48. The first-order valence-electron chi connectivity index (χ1n) is 6.79. The van der Waals surface area contributed by atoms with Gasteiger partial charge in [-0.3, -0.25) is 10.8 Å². The Bertz CT molecular complexity index is 337. The molecule has 6 heteroatoms. The van der Waals surface area contributed by atoms with Crippen LogP contribution in [0.15, 0.2) is 0 Å². The second kappa shape index (κ2) is 4.12. The van der Waals surface area contributed by atoms with Gasteiger partial charge in [0, 0.05) is 6.04 Å². The number of nitrogens with one attached hydrogen (secondary N) is 3. The van der Waals surface area contributed by atoms with Gasteiger partial charge in [-0.15, -0.1) is 0 Å². The third-order valence-electron chi connectivity index (χ3n) is 4.99. The predicted molar refractivity (Wildman–Crippen MR) is 69.6 cm³/mol. The van der Waals surface area contributed by atoms with Gasteiger partial charge in [-0.2, -0.15) is 0 Å². The van der Waals surface area contributed by atoms with Gasteiger partial charge in [-0.25, -0.2) is 10.4 Å². The molecule has 0 aromatic heterocycles. The second-order valence-corrected chi connectivity index (χ2v) is 6.19. The molecule has 4 fully saturated rings. The Kier molecular flexibility index (Phi) is 2.69. The van der Waals surface area contributed by atoms with Crippen LogP contribution in [0.2, 0.25) is 0 Å². The minimum Gasteiger partial charge on any atom is -0.369 e. The van der Waals surface area contributed by atoms with E-state index in [1.54, 1.807) is 0 Å². The smallest absolute Gasteiger partial charge is 0.210 e. The van der Waals surface area contributed by atoms with Crippen molar-refractivity contribution >= 4 is 11.9 Å². The summed E-state index contributed by atoms with van der Waals surface area (Å²) in [6.07, 6.45) is 6.56. The van der Waals surface area contributed by atoms with Crippen LogP contribution in [-0.4, -0.2) is 23.0 Å². The third kappa shape index (κ3) is 1.84. The Morgan fingerprint density at radius 1 is 0.889 bits per heavy atom. The van der Waals surface area contributed by atoms with Gasteiger partial charge in [0.25, 0.3) is 0 Å². The van der Waals surface area contributed by atoms with Gasteiger partial charge >= 0.3 is 0 Å². The van der Waals surface area contributed by atoms with Crippen LogP contribution in [0, 0.1) is 34.5 Å². The van der Waals surface area contributed by atoms with Crippen molar-refractivity contribution in [3.8, 4) is 0 Å². The molecule has 4 saturated carbocycles. The normalized spacial score (nSPS) is 40.8. The number of rotatable bonds is 2. The number of hydrazine groups is 1. The first-order chi connectivity index (χ1) is 8.54. The van der Waals surface area contributed by atoms with E-state index in [0.29, 0.717) is 17.9 Å². The van der Waals surface area contributed by atoms with E-state index in [4.69, 9.17) is 22.3 Å². The van der Waals surface area contributed by atoms with E-state index in [1.807, 2.05) is 0 Å². The van der Waals surface area contributed by atoms with Crippen LogP contribution in [0.4, 0.5) is 0 Å². The van der Waals surface area contributed by atoms with Crippen LogP contribution >= 0.6 is 0 Å². The Labute approximate surface area is 107 Å². The quantitative estimate of drug-likeness (QED) is 0.277. The summed E-state index contributed by atoms with van der Waals surface area (Å²) in [7, 11) is 0. The van der Waals surface area contributed by atoms with Gasteiger partial charge in [0.2, 0.25) is 11.9 Å². The van der Waals surface area contributed by atoms with Crippen molar-refractivity contribution in [2.75, 3.05) is 0 Å². The molecule has 4 aliphatic carbocycles. The number of nitrogens with zero attached hydrogens (tertiary/aromatic N) is 1. The van der Waals surface area contributed by atoms with Gasteiger partial charge in [0.1, 0.15) is 0 Å². The fourth-order valence-electron chi connectivity index (χ4n) is 4.55. The van der Waals surface area contributed by atoms with Crippen LogP contribution in [-0.2, 0) is 0 Å². The molecule has 7 N–H and O–H groups in total. The molecular formula is C12H22N6. The molecule has 6 nitrogen and oxygen atoms in total. The highest BCUT2D eigenvalue weighted by molar-refractivity contribution is 5.93. The van der Waals surface area contributed by atoms with Crippen LogP contribution in [0.3, 0.4) is 0 Å². The SMILES string of the molecule is N=C(N)N(NC1C2CC3CC(C2)CC1C3)C(=N)N. The zero-order valence-corrected chi connectivity index (χ0v) is 10.5. The summed E-state index contributed by atoms with van der Waals surface area (Å²) >= 11 is 0. The van der Waals surface area contributed by atoms with Crippen molar-refractivity contribution in [3.63, 3.8) is 0 Å². The van der Waals surface area contributed by atoms with Gasteiger partial charge < -0.3 is 11.5 Å². The average Bonchev–Trinajstić information content (AvgIpc) is 2.25. The molecule has 0 aliphatic heterocycles. The van der Waals surface area contributed by atoms with E-state index in [1.165, 1.54) is 37.1 Å². The highest BCUT2D eigenvalue weighted by atomic mass is 15.6. The Morgan fingerprint density at radius 2 is 1.33 bits per heavy atom. The van der Waals surface area contributed by atoms with Gasteiger partial charge in [0.15, 0.2) is 0 Å². The lowest BCUT2D eigenvalue weighted by Crippen LogP contribution is -2.63. The Morgan fingerprint density at radius 3 is 1.72 bits per heavy atom. The zero-order valence-electron chi connectivity index (χ0n) is 10.5. The standard InChI is InChI=1S/C12H22N6/c13-11(14)18(12(15)16)17-10-8-2-6-1-7(4-8)5-9(10)3-6/h6-10,17H,1-5H2,(H3,13,14)(H3,15,16). The van der Waals surface area contributed by atoms with E-state index in [-0.39, 0.29) is 11.9 Å². The van der Waals surface area contributed by atoms with Crippen molar-refractivity contribution in [2.24, 2.45) is 35.1 Å². The van der Waals surface area contributed by atoms with Crippen LogP contribution in [0.1, 0.15) is 32.1 Å². The summed E-state index contributed by atoms with van der Waals surface area (Å²) < 4.78 is 0. The van der Waals surface area contributed by atoms with E-state index in [9.17, 15) is 0 Å². The van der Waals surface area contributed by atoms with E-state index >= 15 is 0 Å². The Hall–Kier alpha value is -1.30. The van der Waals surface area contributed by atoms with Crippen molar-refractivity contribution in [1.29, 1.82) is 10.8 Å². The third-order valence-corrected chi connectivity index (χ3v) is 4.99. The lowest BCUT2D eigenvalue weighted by Gasteiger charge is -2.55. The summed E-state index contributed by atoms with van der Waals surface area (Å²) in [5.74, 6) is 2.76. The van der Waals surface area contributed by atoms with Crippen LogP contribution in [0.5, 0.6) is 0 Å². The molecule has 0 aromatic carbocycles. The second-order valence-electron chi connectivity index (χ2n) is 6.19. The largest absolute Gasteiger partial charge is 0.369 e. The van der Waals surface area contributed by atoms with Crippen molar-refractivity contribution in [3.05, 3.63) is 0 Å². The average molecular weight is 250 g/mol. The molecule has 4 bridgehead atoms. The summed E-state index contributed by atoms with van der Waals surface area (Å²) in [5.41, 5.74) is 14.2.